The van der Waals surface area contributed by atoms with Gasteiger partial charge in [-0.1, -0.05) is 17.7 Å². The largest absolute Gasteiger partial charge is 0.467 e. The van der Waals surface area contributed by atoms with Crippen molar-refractivity contribution in [1.29, 1.82) is 0 Å². The van der Waals surface area contributed by atoms with Gasteiger partial charge in [0.25, 0.3) is 5.91 Å². The smallest absolute Gasteiger partial charge is 0.318 e. The standard InChI is InChI=1S/C15H16ClN5O2/c1-23-15-18-8-11(16)13(20-15)19-10-5-7-21(9-10)14(22)12-4-2-3-6-17-12/h2-4,6,8,10H,5,7,9H2,1H3,(H,18,19,20). The van der Waals surface area contributed by atoms with E-state index in [1.807, 2.05) is 0 Å². The number of methoxy groups -OCH3 is 1. The van der Waals surface area contributed by atoms with Gasteiger partial charge in [-0.2, -0.15) is 4.98 Å². The molecule has 1 N–H and O–H groups in total. The van der Waals surface area contributed by atoms with Crippen LogP contribution in [0.5, 0.6) is 6.01 Å². The van der Waals surface area contributed by atoms with E-state index in [0.717, 1.165) is 6.42 Å². The molecule has 1 aliphatic rings. The minimum absolute atomic E-state index is 0.0683. The quantitative estimate of drug-likeness (QED) is 0.920. The van der Waals surface area contributed by atoms with Gasteiger partial charge < -0.3 is 15.0 Å². The maximum atomic E-state index is 12.4. The Kier molecular flexibility index (Phi) is 4.57. The van der Waals surface area contributed by atoms with E-state index >= 15 is 0 Å². The number of nitrogens with zero attached hydrogens (tertiary/aromatic N) is 4. The van der Waals surface area contributed by atoms with E-state index in [1.54, 1.807) is 29.3 Å². The monoisotopic (exact) mass is 333 g/mol. The normalized spacial score (nSPS) is 17.1. The number of pyridine rings is 1. The summed E-state index contributed by atoms with van der Waals surface area (Å²) < 4.78 is 5.00. The zero-order valence-corrected chi connectivity index (χ0v) is 13.3. The Balaban J connectivity index is 1.65. The molecule has 1 fully saturated rings. The Morgan fingerprint density at radius 3 is 3.04 bits per heavy atom. The fraction of sp³-hybridized carbons (Fsp3) is 0.333. The van der Waals surface area contributed by atoms with Crippen LogP contribution in [0.2, 0.25) is 5.02 Å². The Hall–Kier alpha value is -2.41. The Bertz CT molecular complexity index is 698. The van der Waals surface area contributed by atoms with Crippen molar-refractivity contribution in [3.05, 3.63) is 41.3 Å². The minimum Gasteiger partial charge on any atom is -0.467 e. The lowest BCUT2D eigenvalue weighted by atomic mass is 10.2. The summed E-state index contributed by atoms with van der Waals surface area (Å²) in [6, 6.07) is 5.63. The molecule has 0 saturated carbocycles. The number of carbonyl (C=O) groups is 1. The van der Waals surface area contributed by atoms with Crippen LogP contribution in [-0.2, 0) is 0 Å². The molecular formula is C15H16ClN5O2. The van der Waals surface area contributed by atoms with Crippen LogP contribution in [-0.4, -0.2) is 52.0 Å². The number of nitrogens with one attached hydrogen (secondary N) is 1. The number of halogens is 1. The van der Waals surface area contributed by atoms with Gasteiger partial charge in [0, 0.05) is 25.3 Å². The summed E-state index contributed by atoms with van der Waals surface area (Å²) in [4.78, 5) is 26.4. The molecule has 23 heavy (non-hydrogen) atoms. The molecule has 1 amide bonds. The summed E-state index contributed by atoms with van der Waals surface area (Å²) in [5.74, 6) is 0.442. The molecular weight excluding hydrogens is 318 g/mol. The Morgan fingerprint density at radius 2 is 2.30 bits per heavy atom. The molecule has 1 aliphatic heterocycles. The number of carbonyl (C=O) groups excluding carboxylic acids is 1. The fourth-order valence-electron chi connectivity index (χ4n) is 2.46. The van der Waals surface area contributed by atoms with Crippen molar-refractivity contribution in [2.75, 3.05) is 25.5 Å². The first-order valence-electron chi connectivity index (χ1n) is 7.20. The third kappa shape index (κ3) is 3.50. The highest BCUT2D eigenvalue weighted by atomic mass is 35.5. The van der Waals surface area contributed by atoms with Crippen LogP contribution in [0, 0.1) is 0 Å². The first-order valence-corrected chi connectivity index (χ1v) is 7.58. The van der Waals surface area contributed by atoms with E-state index in [1.165, 1.54) is 13.3 Å². The molecule has 8 heteroatoms. The second-order valence-corrected chi connectivity index (χ2v) is 5.56. The van der Waals surface area contributed by atoms with Crippen LogP contribution in [0.3, 0.4) is 0 Å². The SMILES string of the molecule is COc1ncc(Cl)c(NC2CCN(C(=O)c3ccccn3)C2)n1. The lowest BCUT2D eigenvalue weighted by molar-refractivity contribution is 0.0786. The number of amides is 1. The first-order chi connectivity index (χ1) is 11.2. The van der Waals surface area contributed by atoms with E-state index < -0.39 is 0 Å². The summed E-state index contributed by atoms with van der Waals surface area (Å²) in [5, 5.41) is 3.66. The highest BCUT2D eigenvalue weighted by Crippen LogP contribution is 2.23. The third-order valence-corrected chi connectivity index (χ3v) is 3.88. The van der Waals surface area contributed by atoms with Crippen molar-refractivity contribution in [2.45, 2.75) is 12.5 Å². The lowest BCUT2D eigenvalue weighted by Crippen LogP contribution is -2.32. The van der Waals surface area contributed by atoms with Gasteiger partial charge >= 0.3 is 6.01 Å². The predicted octanol–water partition coefficient (Wildman–Crippen LogP) is 1.86. The summed E-state index contributed by atoms with van der Waals surface area (Å²) in [7, 11) is 1.50. The molecule has 0 spiro atoms. The Labute approximate surface area is 138 Å². The average molecular weight is 334 g/mol. The van der Waals surface area contributed by atoms with Gasteiger partial charge in [0.15, 0.2) is 5.82 Å². The molecule has 2 aromatic rings. The molecule has 1 atom stereocenters. The molecule has 7 nitrogen and oxygen atoms in total. The number of rotatable bonds is 4. The first kappa shape index (κ1) is 15.5. The number of hydrogen-bond donors (Lipinski definition) is 1. The molecule has 0 bridgehead atoms. The van der Waals surface area contributed by atoms with E-state index in [9.17, 15) is 4.79 Å². The van der Waals surface area contributed by atoms with Crippen LogP contribution < -0.4 is 10.1 Å². The highest BCUT2D eigenvalue weighted by molar-refractivity contribution is 6.32. The van der Waals surface area contributed by atoms with Crippen molar-refractivity contribution < 1.29 is 9.53 Å². The van der Waals surface area contributed by atoms with E-state index in [2.05, 4.69) is 20.3 Å². The van der Waals surface area contributed by atoms with Crippen LogP contribution in [0.15, 0.2) is 30.6 Å². The molecule has 0 aromatic carbocycles. The summed E-state index contributed by atoms with van der Waals surface area (Å²) >= 11 is 6.09. The number of aromatic nitrogens is 3. The van der Waals surface area contributed by atoms with Crippen LogP contribution >= 0.6 is 11.6 Å². The van der Waals surface area contributed by atoms with Gasteiger partial charge in [-0.05, 0) is 18.6 Å². The van der Waals surface area contributed by atoms with Crippen LogP contribution in [0.4, 0.5) is 5.82 Å². The number of likely N-dealkylation sites (tertiary alicyclic amines) is 1. The molecule has 2 aromatic heterocycles. The van der Waals surface area contributed by atoms with Crippen molar-refractivity contribution in [1.82, 2.24) is 19.9 Å². The van der Waals surface area contributed by atoms with Crippen LogP contribution in [0.25, 0.3) is 0 Å². The molecule has 1 saturated heterocycles. The van der Waals surface area contributed by atoms with Crippen molar-refractivity contribution in [3.8, 4) is 6.01 Å². The fourth-order valence-corrected chi connectivity index (χ4v) is 2.60. The maximum absolute atomic E-state index is 12.4. The van der Waals surface area contributed by atoms with E-state index in [-0.39, 0.29) is 18.0 Å². The lowest BCUT2D eigenvalue weighted by Gasteiger charge is -2.17. The molecule has 0 radical (unpaired) electrons. The van der Waals surface area contributed by atoms with E-state index in [0.29, 0.717) is 29.6 Å². The third-order valence-electron chi connectivity index (χ3n) is 3.60. The summed E-state index contributed by atoms with van der Waals surface area (Å²) in [5.41, 5.74) is 0.454. The second-order valence-electron chi connectivity index (χ2n) is 5.15. The summed E-state index contributed by atoms with van der Waals surface area (Å²) in [6.45, 7) is 1.23. The maximum Gasteiger partial charge on any atom is 0.318 e. The van der Waals surface area contributed by atoms with Crippen LogP contribution in [0.1, 0.15) is 16.9 Å². The molecule has 3 heterocycles. The average Bonchev–Trinajstić information content (AvgIpc) is 3.05. The van der Waals surface area contributed by atoms with Crippen molar-refractivity contribution in [2.24, 2.45) is 0 Å². The van der Waals surface area contributed by atoms with Gasteiger partial charge in [0.05, 0.1) is 13.3 Å². The van der Waals surface area contributed by atoms with Gasteiger partial charge in [-0.25, -0.2) is 4.98 Å². The van der Waals surface area contributed by atoms with Crippen molar-refractivity contribution in [3.63, 3.8) is 0 Å². The molecule has 120 valence electrons. The Morgan fingerprint density at radius 1 is 1.43 bits per heavy atom. The molecule has 3 rings (SSSR count). The van der Waals surface area contributed by atoms with E-state index in [4.69, 9.17) is 16.3 Å². The number of anilines is 1. The highest BCUT2D eigenvalue weighted by Gasteiger charge is 2.28. The predicted molar refractivity (Wildman–Crippen MR) is 85.8 cm³/mol. The van der Waals surface area contributed by atoms with Crippen molar-refractivity contribution >= 4 is 23.3 Å². The van der Waals surface area contributed by atoms with Gasteiger partial charge in [-0.15, -0.1) is 0 Å². The van der Waals surface area contributed by atoms with Gasteiger partial charge in [0.1, 0.15) is 10.7 Å². The molecule has 0 aliphatic carbocycles. The number of ether oxygens (including phenoxy) is 1. The van der Waals surface area contributed by atoms with Gasteiger partial charge in [-0.3, -0.25) is 9.78 Å². The topological polar surface area (TPSA) is 80.2 Å². The second kappa shape index (κ2) is 6.78. The molecule has 1 unspecified atom stereocenters. The minimum atomic E-state index is -0.0683. The van der Waals surface area contributed by atoms with Gasteiger partial charge in [0.2, 0.25) is 0 Å². The summed E-state index contributed by atoms with van der Waals surface area (Å²) in [6.07, 6.45) is 3.91. The number of hydrogen-bond acceptors (Lipinski definition) is 6. The zero-order valence-electron chi connectivity index (χ0n) is 12.6. The zero-order chi connectivity index (χ0) is 16.2.